The third-order valence-electron chi connectivity index (χ3n) is 4.25. The standard InChI is InChI=1S/C20H14N4O4/c1-28-15-8-4-13(5-9-15)23-18(25)12-2-6-14(7-3-12)24-19(26)16-17(20(24)27)22-11-10-21-16/h2-11H,1H3,(H,23,25). The van der Waals surface area contributed by atoms with E-state index in [9.17, 15) is 14.4 Å². The van der Waals surface area contributed by atoms with Gasteiger partial charge < -0.3 is 10.1 Å². The summed E-state index contributed by atoms with van der Waals surface area (Å²) in [6.07, 6.45) is 2.72. The Balaban J connectivity index is 1.52. The second-order valence-corrected chi connectivity index (χ2v) is 5.93. The summed E-state index contributed by atoms with van der Waals surface area (Å²) in [5.74, 6) is -0.707. The number of ether oxygens (including phenoxy) is 1. The van der Waals surface area contributed by atoms with Crippen LogP contribution in [0, 0.1) is 0 Å². The van der Waals surface area contributed by atoms with Crippen LogP contribution in [0.3, 0.4) is 0 Å². The molecule has 0 saturated heterocycles. The molecule has 3 amide bonds. The van der Waals surface area contributed by atoms with Gasteiger partial charge in [-0.05, 0) is 48.5 Å². The molecule has 0 aliphatic carbocycles. The van der Waals surface area contributed by atoms with Gasteiger partial charge >= 0.3 is 0 Å². The Morgan fingerprint density at radius 3 is 2.00 bits per heavy atom. The van der Waals surface area contributed by atoms with E-state index in [1.165, 1.54) is 24.5 Å². The molecular weight excluding hydrogens is 360 g/mol. The number of amides is 3. The van der Waals surface area contributed by atoms with Gasteiger partial charge in [-0.2, -0.15) is 0 Å². The molecule has 0 atom stereocenters. The quantitative estimate of drug-likeness (QED) is 0.704. The lowest BCUT2D eigenvalue weighted by Crippen LogP contribution is -2.29. The summed E-state index contributed by atoms with van der Waals surface area (Å²) in [5, 5.41) is 2.77. The molecule has 1 aromatic heterocycles. The van der Waals surface area contributed by atoms with Crippen molar-refractivity contribution in [3.63, 3.8) is 0 Å². The molecule has 0 unspecified atom stereocenters. The minimum Gasteiger partial charge on any atom is -0.497 e. The summed E-state index contributed by atoms with van der Waals surface area (Å²) < 4.78 is 5.08. The first kappa shape index (κ1) is 17.3. The Bertz CT molecular complexity index is 1040. The van der Waals surface area contributed by atoms with E-state index >= 15 is 0 Å². The van der Waals surface area contributed by atoms with Crippen molar-refractivity contribution in [1.82, 2.24) is 9.97 Å². The summed E-state index contributed by atoms with van der Waals surface area (Å²) in [7, 11) is 1.57. The van der Waals surface area contributed by atoms with Gasteiger partial charge in [0.25, 0.3) is 17.7 Å². The van der Waals surface area contributed by atoms with Gasteiger partial charge in [0.1, 0.15) is 5.75 Å². The van der Waals surface area contributed by atoms with Crippen molar-refractivity contribution >= 4 is 29.1 Å². The number of carbonyl (C=O) groups is 3. The molecule has 0 radical (unpaired) electrons. The third kappa shape index (κ3) is 2.96. The topological polar surface area (TPSA) is 101 Å². The van der Waals surface area contributed by atoms with Crippen LogP contribution in [0.5, 0.6) is 5.75 Å². The number of benzene rings is 2. The number of nitrogens with zero attached hydrogens (tertiary/aromatic N) is 3. The van der Waals surface area contributed by atoms with Crippen molar-refractivity contribution in [1.29, 1.82) is 0 Å². The molecule has 1 aliphatic heterocycles. The van der Waals surface area contributed by atoms with Gasteiger partial charge in [0.2, 0.25) is 0 Å². The van der Waals surface area contributed by atoms with Crippen molar-refractivity contribution in [2.75, 3.05) is 17.3 Å². The molecule has 4 rings (SSSR count). The van der Waals surface area contributed by atoms with Gasteiger partial charge in [0.15, 0.2) is 11.4 Å². The van der Waals surface area contributed by atoms with Crippen LogP contribution in [0.2, 0.25) is 0 Å². The fourth-order valence-corrected chi connectivity index (χ4v) is 2.83. The average molecular weight is 374 g/mol. The highest BCUT2D eigenvalue weighted by molar-refractivity contribution is 6.33. The Morgan fingerprint density at radius 1 is 0.893 bits per heavy atom. The van der Waals surface area contributed by atoms with E-state index in [4.69, 9.17) is 4.74 Å². The number of imide groups is 1. The van der Waals surface area contributed by atoms with Gasteiger partial charge in [-0.15, -0.1) is 0 Å². The molecule has 0 spiro atoms. The van der Waals surface area contributed by atoms with Crippen LogP contribution >= 0.6 is 0 Å². The molecule has 0 fully saturated rings. The first-order valence-corrected chi connectivity index (χ1v) is 8.34. The second kappa shape index (κ2) is 6.92. The molecule has 1 N–H and O–H groups in total. The number of anilines is 2. The number of carbonyl (C=O) groups excluding carboxylic acids is 3. The Morgan fingerprint density at radius 2 is 1.46 bits per heavy atom. The molecule has 8 heteroatoms. The van der Waals surface area contributed by atoms with Crippen LogP contribution in [0.25, 0.3) is 0 Å². The van der Waals surface area contributed by atoms with Crippen LogP contribution in [0.1, 0.15) is 31.3 Å². The molecule has 2 heterocycles. The lowest BCUT2D eigenvalue weighted by molar-refractivity contribution is 0.0922. The summed E-state index contributed by atoms with van der Waals surface area (Å²) in [6, 6.07) is 13.1. The average Bonchev–Trinajstić information content (AvgIpc) is 2.99. The van der Waals surface area contributed by atoms with Crippen molar-refractivity contribution in [2.45, 2.75) is 0 Å². The molecule has 8 nitrogen and oxygen atoms in total. The molecule has 1 aliphatic rings. The number of nitrogens with one attached hydrogen (secondary N) is 1. The lowest BCUT2D eigenvalue weighted by Gasteiger charge is -2.13. The first-order valence-electron chi connectivity index (χ1n) is 8.34. The maximum atomic E-state index is 12.4. The van der Waals surface area contributed by atoms with E-state index < -0.39 is 11.8 Å². The van der Waals surface area contributed by atoms with Crippen molar-refractivity contribution in [2.24, 2.45) is 0 Å². The minimum absolute atomic E-state index is 0.0221. The molecule has 138 valence electrons. The fourth-order valence-electron chi connectivity index (χ4n) is 2.83. The van der Waals surface area contributed by atoms with Crippen LogP contribution in [0.15, 0.2) is 60.9 Å². The number of hydrogen-bond acceptors (Lipinski definition) is 6. The maximum absolute atomic E-state index is 12.4. The van der Waals surface area contributed by atoms with Gasteiger partial charge in [-0.25, -0.2) is 14.9 Å². The predicted molar refractivity (Wildman–Crippen MR) is 101 cm³/mol. The van der Waals surface area contributed by atoms with Gasteiger partial charge in [-0.3, -0.25) is 14.4 Å². The summed E-state index contributed by atoms with van der Waals surface area (Å²) in [4.78, 5) is 46.1. The first-order chi connectivity index (χ1) is 13.6. The lowest BCUT2D eigenvalue weighted by atomic mass is 10.1. The van der Waals surface area contributed by atoms with E-state index in [0.29, 0.717) is 22.7 Å². The highest BCUT2D eigenvalue weighted by atomic mass is 16.5. The molecule has 3 aromatic rings. The monoisotopic (exact) mass is 374 g/mol. The molecule has 0 saturated carbocycles. The number of aromatic nitrogens is 2. The van der Waals surface area contributed by atoms with Crippen LogP contribution in [-0.4, -0.2) is 34.8 Å². The van der Waals surface area contributed by atoms with Gasteiger partial charge in [0.05, 0.1) is 12.8 Å². The van der Waals surface area contributed by atoms with Crippen LogP contribution < -0.4 is 15.0 Å². The zero-order valence-corrected chi connectivity index (χ0v) is 14.7. The largest absolute Gasteiger partial charge is 0.497 e. The molecule has 0 bridgehead atoms. The summed E-state index contributed by atoms with van der Waals surface area (Å²) in [5.41, 5.74) is 1.39. The Labute approximate surface area is 159 Å². The number of hydrogen-bond donors (Lipinski definition) is 1. The number of methoxy groups -OCH3 is 1. The normalized spacial score (nSPS) is 12.7. The van der Waals surface area contributed by atoms with Crippen molar-refractivity contribution in [3.05, 3.63) is 77.9 Å². The summed E-state index contributed by atoms with van der Waals surface area (Å²) in [6.45, 7) is 0. The van der Waals surface area contributed by atoms with E-state index in [-0.39, 0.29) is 17.3 Å². The molecule has 2 aromatic carbocycles. The SMILES string of the molecule is COc1ccc(NC(=O)c2ccc(N3C(=O)c4nccnc4C3=O)cc2)cc1. The second-order valence-electron chi connectivity index (χ2n) is 5.93. The van der Waals surface area contributed by atoms with Gasteiger partial charge in [-0.1, -0.05) is 0 Å². The van der Waals surface area contributed by atoms with E-state index in [1.54, 1.807) is 43.5 Å². The smallest absolute Gasteiger partial charge is 0.286 e. The predicted octanol–water partition coefficient (Wildman–Crippen LogP) is 2.54. The zero-order chi connectivity index (χ0) is 19.7. The highest BCUT2D eigenvalue weighted by Gasteiger charge is 2.39. The maximum Gasteiger partial charge on any atom is 0.286 e. The Hall–Kier alpha value is -4.07. The Kier molecular flexibility index (Phi) is 4.29. The van der Waals surface area contributed by atoms with Crippen molar-refractivity contribution in [3.8, 4) is 5.75 Å². The van der Waals surface area contributed by atoms with E-state index in [0.717, 1.165) is 4.90 Å². The number of rotatable bonds is 4. The van der Waals surface area contributed by atoms with E-state index in [2.05, 4.69) is 15.3 Å². The third-order valence-corrected chi connectivity index (χ3v) is 4.25. The number of fused-ring (bicyclic) bond motifs is 1. The highest BCUT2D eigenvalue weighted by Crippen LogP contribution is 2.26. The van der Waals surface area contributed by atoms with Crippen LogP contribution in [-0.2, 0) is 0 Å². The van der Waals surface area contributed by atoms with Crippen molar-refractivity contribution < 1.29 is 19.1 Å². The molecular formula is C20H14N4O4. The van der Waals surface area contributed by atoms with E-state index in [1.807, 2.05) is 0 Å². The molecule has 28 heavy (non-hydrogen) atoms. The van der Waals surface area contributed by atoms with Crippen LogP contribution in [0.4, 0.5) is 11.4 Å². The zero-order valence-electron chi connectivity index (χ0n) is 14.7. The fraction of sp³-hybridized carbons (Fsp3) is 0.0500. The summed E-state index contributed by atoms with van der Waals surface area (Å²) >= 11 is 0. The van der Waals surface area contributed by atoms with Gasteiger partial charge in [0, 0.05) is 23.6 Å². The minimum atomic E-state index is -0.538.